The van der Waals surface area contributed by atoms with E-state index in [0.29, 0.717) is 25.0 Å². The Morgan fingerprint density at radius 3 is 2.76 bits per heavy atom. The quantitative estimate of drug-likeness (QED) is 0.756. The monoisotopic (exact) mass is 238 g/mol. The van der Waals surface area contributed by atoms with E-state index in [1.165, 1.54) is 0 Å². The van der Waals surface area contributed by atoms with Crippen LogP contribution in [0.15, 0.2) is 6.07 Å². The summed E-state index contributed by atoms with van der Waals surface area (Å²) in [7, 11) is 0. The smallest absolute Gasteiger partial charge is 0.226 e. The molecular weight excluding hydrogens is 216 g/mol. The fourth-order valence-corrected chi connectivity index (χ4v) is 1.61. The molecule has 0 aliphatic heterocycles. The molecule has 0 aliphatic rings. The number of anilines is 1. The maximum atomic E-state index is 5.69. The first-order valence-electron chi connectivity index (χ1n) is 6.14. The number of ether oxygens (including phenoxy) is 1. The van der Waals surface area contributed by atoms with E-state index in [9.17, 15) is 0 Å². The summed E-state index contributed by atoms with van der Waals surface area (Å²) in [6.07, 6.45) is 2.09. The van der Waals surface area contributed by atoms with Gasteiger partial charge >= 0.3 is 0 Å². The highest BCUT2D eigenvalue weighted by Gasteiger charge is 2.08. The van der Waals surface area contributed by atoms with E-state index >= 15 is 0 Å². The highest BCUT2D eigenvalue weighted by Crippen LogP contribution is 2.13. The third-order valence-electron chi connectivity index (χ3n) is 2.38. The van der Waals surface area contributed by atoms with Crippen LogP contribution in [0.1, 0.15) is 32.4 Å². The first kappa shape index (κ1) is 13.7. The molecule has 0 saturated heterocycles. The molecule has 1 atom stereocenters. The highest BCUT2D eigenvalue weighted by atomic mass is 16.5. The van der Waals surface area contributed by atoms with Crippen LogP contribution in [0, 0.1) is 6.92 Å². The van der Waals surface area contributed by atoms with E-state index in [4.69, 9.17) is 10.5 Å². The predicted octanol–water partition coefficient (Wildman–Crippen LogP) is 1.72. The fourth-order valence-electron chi connectivity index (χ4n) is 1.61. The van der Waals surface area contributed by atoms with Crippen molar-refractivity contribution in [3.8, 4) is 5.88 Å². The Kier molecular flexibility index (Phi) is 5.69. The predicted molar refractivity (Wildman–Crippen MR) is 69.3 cm³/mol. The average molecular weight is 238 g/mol. The number of nitrogens with two attached hydrogens (primary N) is 1. The molecule has 1 rings (SSSR count). The zero-order valence-corrected chi connectivity index (χ0v) is 10.9. The van der Waals surface area contributed by atoms with Crippen molar-refractivity contribution in [1.82, 2.24) is 9.97 Å². The van der Waals surface area contributed by atoms with E-state index in [1.807, 2.05) is 19.9 Å². The molecule has 0 spiro atoms. The molecule has 17 heavy (non-hydrogen) atoms. The number of rotatable bonds is 7. The van der Waals surface area contributed by atoms with Crippen LogP contribution in [0.5, 0.6) is 5.88 Å². The Labute approximate surface area is 103 Å². The summed E-state index contributed by atoms with van der Waals surface area (Å²) < 4.78 is 5.38. The van der Waals surface area contributed by atoms with Crippen molar-refractivity contribution in [1.29, 1.82) is 0 Å². The lowest BCUT2D eigenvalue weighted by Gasteiger charge is -2.16. The van der Waals surface area contributed by atoms with Crippen molar-refractivity contribution in [2.45, 2.75) is 39.7 Å². The Morgan fingerprint density at radius 2 is 2.18 bits per heavy atom. The highest BCUT2D eigenvalue weighted by molar-refractivity contribution is 5.31. The van der Waals surface area contributed by atoms with Crippen LogP contribution in [-0.2, 0) is 0 Å². The molecule has 0 aliphatic carbocycles. The van der Waals surface area contributed by atoms with Gasteiger partial charge in [0.05, 0.1) is 6.61 Å². The van der Waals surface area contributed by atoms with Gasteiger partial charge in [-0.2, -0.15) is 4.98 Å². The summed E-state index contributed by atoms with van der Waals surface area (Å²) in [6, 6.07) is 2.04. The summed E-state index contributed by atoms with van der Waals surface area (Å²) in [5.41, 5.74) is 6.58. The van der Waals surface area contributed by atoms with Gasteiger partial charge in [0.25, 0.3) is 0 Å². The Balaban J connectivity index is 2.75. The topological polar surface area (TPSA) is 73.1 Å². The van der Waals surface area contributed by atoms with Crippen molar-refractivity contribution in [2.75, 3.05) is 18.5 Å². The van der Waals surface area contributed by atoms with Crippen molar-refractivity contribution in [3.63, 3.8) is 0 Å². The van der Waals surface area contributed by atoms with Crippen molar-refractivity contribution in [2.24, 2.45) is 5.73 Å². The molecule has 0 radical (unpaired) electrons. The van der Waals surface area contributed by atoms with Crippen LogP contribution in [-0.4, -0.2) is 29.2 Å². The molecule has 1 aromatic rings. The number of aromatic nitrogens is 2. The lowest BCUT2D eigenvalue weighted by Crippen LogP contribution is -2.29. The van der Waals surface area contributed by atoms with Gasteiger partial charge in [-0.05, 0) is 20.3 Å². The van der Waals surface area contributed by atoms with E-state index in [-0.39, 0.29) is 6.04 Å². The molecule has 1 aromatic heterocycles. The second-order valence-corrected chi connectivity index (χ2v) is 3.97. The fraction of sp³-hybridized carbons (Fsp3) is 0.667. The van der Waals surface area contributed by atoms with Crippen molar-refractivity contribution >= 4 is 5.95 Å². The number of hydrogen-bond acceptors (Lipinski definition) is 5. The van der Waals surface area contributed by atoms with Gasteiger partial charge in [0.1, 0.15) is 0 Å². The number of nitrogens with one attached hydrogen (secondary N) is 1. The molecule has 0 aromatic carbocycles. The van der Waals surface area contributed by atoms with Crippen molar-refractivity contribution in [3.05, 3.63) is 11.8 Å². The molecule has 1 unspecified atom stereocenters. The zero-order valence-electron chi connectivity index (χ0n) is 10.9. The summed E-state index contributed by atoms with van der Waals surface area (Å²) in [5.74, 6) is 1.20. The normalized spacial score (nSPS) is 12.2. The van der Waals surface area contributed by atoms with Crippen LogP contribution >= 0.6 is 0 Å². The third-order valence-corrected chi connectivity index (χ3v) is 2.38. The van der Waals surface area contributed by atoms with E-state index in [2.05, 4.69) is 22.2 Å². The van der Waals surface area contributed by atoms with E-state index in [0.717, 1.165) is 18.5 Å². The molecular formula is C12H22N4O. The minimum Gasteiger partial charge on any atom is -0.478 e. The lowest BCUT2D eigenvalue weighted by molar-refractivity contribution is 0.326. The van der Waals surface area contributed by atoms with Gasteiger partial charge in [0.15, 0.2) is 0 Å². The molecule has 3 N–H and O–H groups in total. The second-order valence-electron chi connectivity index (χ2n) is 3.97. The summed E-state index contributed by atoms with van der Waals surface area (Å²) in [5, 5.41) is 3.24. The maximum Gasteiger partial charge on any atom is 0.226 e. The van der Waals surface area contributed by atoms with E-state index in [1.54, 1.807) is 0 Å². The van der Waals surface area contributed by atoms with E-state index < -0.39 is 0 Å². The number of hydrogen-bond donors (Lipinski definition) is 2. The summed E-state index contributed by atoms with van der Waals surface area (Å²) in [6.45, 7) is 7.17. The van der Waals surface area contributed by atoms with Crippen LogP contribution in [0.4, 0.5) is 5.95 Å². The Morgan fingerprint density at radius 1 is 1.41 bits per heavy atom. The number of aryl methyl sites for hydroxylation is 1. The van der Waals surface area contributed by atoms with Crippen LogP contribution in [0.3, 0.4) is 0 Å². The molecule has 1 heterocycles. The Hall–Kier alpha value is -1.36. The molecule has 0 bridgehead atoms. The van der Waals surface area contributed by atoms with Gasteiger partial charge < -0.3 is 15.8 Å². The largest absolute Gasteiger partial charge is 0.478 e. The Bertz CT molecular complexity index is 343. The SMILES string of the molecule is CCCC(CN)Nc1nc(C)cc(OCC)n1. The van der Waals surface area contributed by atoms with Crippen LogP contribution in [0.25, 0.3) is 0 Å². The van der Waals surface area contributed by atoms with Crippen LogP contribution < -0.4 is 15.8 Å². The molecule has 0 saturated carbocycles. The third kappa shape index (κ3) is 4.56. The average Bonchev–Trinajstić information content (AvgIpc) is 2.28. The molecule has 5 heteroatoms. The summed E-state index contributed by atoms with van der Waals surface area (Å²) in [4.78, 5) is 8.62. The van der Waals surface area contributed by atoms with Gasteiger partial charge in [0, 0.05) is 24.3 Å². The van der Waals surface area contributed by atoms with Gasteiger partial charge in [-0.25, -0.2) is 4.98 Å². The molecule has 0 fully saturated rings. The van der Waals surface area contributed by atoms with Crippen molar-refractivity contribution < 1.29 is 4.74 Å². The molecule has 0 amide bonds. The van der Waals surface area contributed by atoms with Gasteiger partial charge in [-0.3, -0.25) is 0 Å². The summed E-state index contributed by atoms with van der Waals surface area (Å²) >= 11 is 0. The van der Waals surface area contributed by atoms with Gasteiger partial charge in [-0.15, -0.1) is 0 Å². The minimum absolute atomic E-state index is 0.219. The van der Waals surface area contributed by atoms with Crippen LogP contribution in [0.2, 0.25) is 0 Å². The minimum atomic E-state index is 0.219. The maximum absolute atomic E-state index is 5.69. The lowest BCUT2D eigenvalue weighted by atomic mass is 10.2. The number of nitrogens with zero attached hydrogens (tertiary/aromatic N) is 2. The van der Waals surface area contributed by atoms with Gasteiger partial charge in [-0.1, -0.05) is 13.3 Å². The standard InChI is InChI=1S/C12H22N4O/c1-4-6-10(8-13)15-12-14-9(3)7-11(16-12)17-5-2/h7,10H,4-6,8,13H2,1-3H3,(H,14,15,16). The zero-order chi connectivity index (χ0) is 12.7. The molecule has 96 valence electrons. The first-order valence-corrected chi connectivity index (χ1v) is 6.14. The second kappa shape index (κ2) is 7.06. The first-order chi connectivity index (χ1) is 8.19. The molecule has 5 nitrogen and oxygen atoms in total. The van der Waals surface area contributed by atoms with Gasteiger partial charge in [0.2, 0.25) is 11.8 Å².